The summed E-state index contributed by atoms with van der Waals surface area (Å²) >= 11 is 0. The first-order chi connectivity index (χ1) is 9.70. The van der Waals surface area contributed by atoms with Crippen LogP contribution in [0.4, 0.5) is 0 Å². The molecule has 2 heterocycles. The Morgan fingerprint density at radius 1 is 0.900 bits per heavy atom. The molecule has 0 bridgehead atoms. The molecule has 120 valence electrons. The highest BCUT2D eigenvalue weighted by molar-refractivity contribution is 4.84. The van der Waals surface area contributed by atoms with Crippen molar-refractivity contribution in [2.75, 3.05) is 45.8 Å². The van der Waals surface area contributed by atoms with Crippen molar-refractivity contribution in [2.45, 2.75) is 66.0 Å². The fraction of sp³-hybridized carbons (Fsp3) is 1.00. The van der Waals surface area contributed by atoms with Gasteiger partial charge in [-0.25, -0.2) is 0 Å². The van der Waals surface area contributed by atoms with Gasteiger partial charge in [-0.05, 0) is 52.7 Å². The van der Waals surface area contributed by atoms with Crippen LogP contribution in [0.15, 0.2) is 0 Å². The second-order valence-electron chi connectivity index (χ2n) is 6.24. The van der Waals surface area contributed by atoms with Gasteiger partial charge in [-0.1, -0.05) is 20.8 Å². The van der Waals surface area contributed by atoms with Gasteiger partial charge in [0.05, 0.1) is 0 Å². The van der Waals surface area contributed by atoms with Crippen LogP contribution in [0.3, 0.4) is 0 Å². The number of piperazine rings is 1. The molecule has 20 heavy (non-hydrogen) atoms. The van der Waals surface area contributed by atoms with Crippen LogP contribution in [-0.2, 0) is 0 Å². The minimum Gasteiger partial charge on any atom is -0.301 e. The Morgan fingerprint density at radius 3 is 1.90 bits per heavy atom. The predicted octanol–water partition coefficient (Wildman–Crippen LogP) is 2.91. The average molecular weight is 284 g/mol. The Kier molecular flexibility index (Phi) is 8.74. The zero-order valence-electron chi connectivity index (χ0n) is 14.6. The van der Waals surface area contributed by atoms with Crippen LogP contribution >= 0.6 is 0 Å². The lowest BCUT2D eigenvalue weighted by Gasteiger charge is -2.43. The minimum atomic E-state index is 0.729. The summed E-state index contributed by atoms with van der Waals surface area (Å²) in [5.74, 6) is 0. The summed E-state index contributed by atoms with van der Waals surface area (Å²) < 4.78 is 0. The van der Waals surface area contributed by atoms with E-state index in [0.29, 0.717) is 0 Å². The molecule has 2 aliphatic rings. The van der Waals surface area contributed by atoms with Gasteiger partial charge >= 0.3 is 0 Å². The van der Waals surface area contributed by atoms with E-state index in [1.807, 2.05) is 13.8 Å². The Labute approximate surface area is 127 Å². The van der Waals surface area contributed by atoms with Crippen LogP contribution in [0.5, 0.6) is 0 Å². The van der Waals surface area contributed by atoms with Gasteiger partial charge in [-0.15, -0.1) is 0 Å². The molecule has 0 aromatic carbocycles. The summed E-state index contributed by atoms with van der Waals surface area (Å²) in [5, 5.41) is 0. The summed E-state index contributed by atoms with van der Waals surface area (Å²) in [4.78, 5) is 8.01. The Balaban J connectivity index is 0.000000956. The second-order valence-corrected chi connectivity index (χ2v) is 6.24. The van der Waals surface area contributed by atoms with E-state index in [2.05, 4.69) is 35.5 Å². The SMILES string of the molecule is CC.CCCN1CCN(C2CCN(C(C)C)CC2)CC1. The van der Waals surface area contributed by atoms with Gasteiger partial charge in [0.1, 0.15) is 0 Å². The van der Waals surface area contributed by atoms with Crippen molar-refractivity contribution < 1.29 is 0 Å². The fourth-order valence-corrected chi connectivity index (χ4v) is 3.44. The lowest BCUT2D eigenvalue weighted by atomic mass is 10.0. The molecule has 0 saturated carbocycles. The number of piperidine rings is 1. The molecule has 2 rings (SSSR count). The molecule has 3 nitrogen and oxygen atoms in total. The van der Waals surface area contributed by atoms with E-state index < -0.39 is 0 Å². The predicted molar refractivity (Wildman–Crippen MR) is 89.4 cm³/mol. The third-order valence-electron chi connectivity index (χ3n) is 4.69. The van der Waals surface area contributed by atoms with Gasteiger partial charge < -0.3 is 9.80 Å². The van der Waals surface area contributed by atoms with E-state index >= 15 is 0 Å². The Morgan fingerprint density at radius 2 is 1.45 bits per heavy atom. The first-order valence-corrected chi connectivity index (χ1v) is 8.91. The summed E-state index contributed by atoms with van der Waals surface area (Å²) in [6, 6.07) is 1.59. The molecule has 0 spiro atoms. The molecule has 2 saturated heterocycles. The van der Waals surface area contributed by atoms with Crippen molar-refractivity contribution in [3.8, 4) is 0 Å². The lowest BCUT2D eigenvalue weighted by molar-refractivity contribution is 0.0520. The summed E-state index contributed by atoms with van der Waals surface area (Å²) in [6.45, 7) is 20.0. The zero-order chi connectivity index (χ0) is 15.0. The molecule has 0 radical (unpaired) electrons. The zero-order valence-corrected chi connectivity index (χ0v) is 14.6. The van der Waals surface area contributed by atoms with Crippen molar-refractivity contribution in [1.29, 1.82) is 0 Å². The van der Waals surface area contributed by atoms with Gasteiger partial charge in [-0.2, -0.15) is 0 Å². The van der Waals surface area contributed by atoms with E-state index in [0.717, 1.165) is 12.1 Å². The van der Waals surface area contributed by atoms with Gasteiger partial charge in [0.15, 0.2) is 0 Å². The third-order valence-corrected chi connectivity index (χ3v) is 4.69. The molecule has 0 aromatic rings. The molecule has 3 heteroatoms. The second kappa shape index (κ2) is 9.75. The number of hydrogen-bond acceptors (Lipinski definition) is 3. The van der Waals surface area contributed by atoms with Gasteiger partial charge in [0.2, 0.25) is 0 Å². The maximum Gasteiger partial charge on any atom is 0.0121 e. The molecule has 0 N–H and O–H groups in total. The highest BCUT2D eigenvalue weighted by Gasteiger charge is 2.27. The van der Waals surface area contributed by atoms with Gasteiger partial charge in [0.25, 0.3) is 0 Å². The fourth-order valence-electron chi connectivity index (χ4n) is 3.44. The van der Waals surface area contributed by atoms with E-state index in [-0.39, 0.29) is 0 Å². The van der Waals surface area contributed by atoms with Crippen LogP contribution < -0.4 is 0 Å². The van der Waals surface area contributed by atoms with Crippen molar-refractivity contribution in [3.63, 3.8) is 0 Å². The van der Waals surface area contributed by atoms with Crippen molar-refractivity contribution in [2.24, 2.45) is 0 Å². The molecule has 0 unspecified atom stereocenters. The first-order valence-electron chi connectivity index (χ1n) is 8.91. The van der Waals surface area contributed by atoms with E-state index in [4.69, 9.17) is 0 Å². The summed E-state index contributed by atoms with van der Waals surface area (Å²) in [7, 11) is 0. The third kappa shape index (κ3) is 5.34. The van der Waals surface area contributed by atoms with Crippen LogP contribution in [0.25, 0.3) is 0 Å². The molecule has 0 aliphatic carbocycles. The van der Waals surface area contributed by atoms with Crippen LogP contribution in [0.2, 0.25) is 0 Å². The van der Waals surface area contributed by atoms with Crippen LogP contribution in [-0.4, -0.2) is 72.6 Å². The number of rotatable bonds is 4. The maximum atomic E-state index is 2.75. The van der Waals surface area contributed by atoms with Gasteiger partial charge in [-0.3, -0.25) is 4.90 Å². The van der Waals surface area contributed by atoms with Crippen molar-refractivity contribution >= 4 is 0 Å². The standard InChI is InChI=1S/C15H31N3.C2H6/c1-4-7-16-10-12-18(13-11-16)15-5-8-17(9-6-15)14(2)3;1-2/h14-15H,4-13H2,1-3H3;1-2H3. The van der Waals surface area contributed by atoms with Crippen molar-refractivity contribution in [1.82, 2.24) is 14.7 Å². The monoisotopic (exact) mass is 283 g/mol. The first kappa shape index (κ1) is 17.9. The topological polar surface area (TPSA) is 9.72 Å². The molecular weight excluding hydrogens is 246 g/mol. The highest BCUT2D eigenvalue weighted by Crippen LogP contribution is 2.19. The van der Waals surface area contributed by atoms with E-state index in [1.165, 1.54) is 65.1 Å². The summed E-state index contributed by atoms with van der Waals surface area (Å²) in [6.07, 6.45) is 4.06. The highest BCUT2D eigenvalue weighted by atomic mass is 15.3. The number of likely N-dealkylation sites (tertiary alicyclic amines) is 1. The molecule has 0 aromatic heterocycles. The molecule has 0 atom stereocenters. The molecule has 2 aliphatic heterocycles. The van der Waals surface area contributed by atoms with Gasteiger partial charge in [0, 0.05) is 38.3 Å². The number of nitrogens with zero attached hydrogens (tertiary/aromatic N) is 3. The smallest absolute Gasteiger partial charge is 0.0121 e. The maximum absolute atomic E-state index is 2.75. The Bertz CT molecular complexity index is 226. The minimum absolute atomic E-state index is 0.729. The quantitative estimate of drug-likeness (QED) is 0.785. The molecular formula is C17H37N3. The van der Waals surface area contributed by atoms with Crippen LogP contribution in [0, 0.1) is 0 Å². The molecule has 0 amide bonds. The largest absolute Gasteiger partial charge is 0.301 e. The lowest BCUT2D eigenvalue weighted by Crippen LogP contribution is -2.53. The van der Waals surface area contributed by atoms with E-state index in [1.54, 1.807) is 0 Å². The van der Waals surface area contributed by atoms with Crippen LogP contribution in [0.1, 0.15) is 53.9 Å². The number of hydrogen-bond donors (Lipinski definition) is 0. The normalized spacial score (nSPS) is 23.7. The average Bonchev–Trinajstić information content (AvgIpc) is 2.50. The van der Waals surface area contributed by atoms with Crippen molar-refractivity contribution in [3.05, 3.63) is 0 Å². The molecule has 2 fully saturated rings. The Hall–Kier alpha value is -0.120. The summed E-state index contributed by atoms with van der Waals surface area (Å²) in [5.41, 5.74) is 0. The van der Waals surface area contributed by atoms with E-state index in [9.17, 15) is 0 Å².